The molecular weight excluding hydrogens is 296 g/mol. The van der Waals surface area contributed by atoms with Gasteiger partial charge in [-0.1, -0.05) is 31.0 Å². The second kappa shape index (κ2) is 8.80. The summed E-state index contributed by atoms with van der Waals surface area (Å²) in [6.45, 7) is 9.29. The summed E-state index contributed by atoms with van der Waals surface area (Å²) in [7, 11) is 0. The van der Waals surface area contributed by atoms with Crippen molar-refractivity contribution in [3.8, 4) is 6.07 Å². The zero-order valence-electron chi connectivity index (χ0n) is 13.9. The lowest BCUT2D eigenvalue weighted by atomic mass is 10.0. The average molecular weight is 321 g/mol. The van der Waals surface area contributed by atoms with Crippen LogP contribution in [0.1, 0.15) is 51.2 Å². The first-order valence-corrected chi connectivity index (χ1v) is 8.22. The molecule has 1 amide bonds. The van der Waals surface area contributed by atoms with Crippen molar-refractivity contribution in [3.05, 3.63) is 34.3 Å². The number of nitriles is 1. The van der Waals surface area contributed by atoms with Crippen LogP contribution < -0.4 is 0 Å². The predicted molar refractivity (Wildman–Crippen MR) is 90.8 cm³/mol. The molecule has 1 aromatic carbocycles. The predicted octanol–water partition coefficient (Wildman–Crippen LogP) is 4.56. The van der Waals surface area contributed by atoms with Crippen molar-refractivity contribution in [2.24, 2.45) is 5.92 Å². The third-order valence-electron chi connectivity index (χ3n) is 3.80. The van der Waals surface area contributed by atoms with Crippen LogP contribution in [0.25, 0.3) is 0 Å². The highest BCUT2D eigenvalue weighted by atomic mass is 35.5. The Morgan fingerprint density at radius 3 is 2.59 bits per heavy atom. The third kappa shape index (κ3) is 5.35. The summed E-state index contributed by atoms with van der Waals surface area (Å²) in [6, 6.07) is 7.74. The quantitative estimate of drug-likeness (QED) is 0.819. The monoisotopic (exact) mass is 320 g/mol. The largest absolute Gasteiger partial charge is 0.340 e. The van der Waals surface area contributed by atoms with E-state index in [1.165, 1.54) is 12.8 Å². The fourth-order valence-electron chi connectivity index (χ4n) is 2.62. The molecule has 4 heteroatoms. The Hall–Kier alpha value is -1.53. The minimum atomic E-state index is 0.350. The van der Waals surface area contributed by atoms with Crippen molar-refractivity contribution in [1.82, 2.24) is 4.90 Å². The maximum Gasteiger partial charge on any atom is 0.223 e. The Labute approximate surface area is 138 Å². The van der Waals surface area contributed by atoms with Crippen LogP contribution in [0.3, 0.4) is 0 Å². The highest BCUT2D eigenvalue weighted by molar-refractivity contribution is 6.31. The molecule has 0 radical (unpaired) electrons. The van der Waals surface area contributed by atoms with E-state index in [4.69, 9.17) is 16.9 Å². The van der Waals surface area contributed by atoms with Crippen LogP contribution in [0.2, 0.25) is 5.02 Å². The molecule has 22 heavy (non-hydrogen) atoms. The molecule has 1 heterocycles. The zero-order valence-corrected chi connectivity index (χ0v) is 14.7. The van der Waals surface area contributed by atoms with Crippen molar-refractivity contribution in [2.75, 3.05) is 6.54 Å². The summed E-state index contributed by atoms with van der Waals surface area (Å²) < 4.78 is 0. The van der Waals surface area contributed by atoms with E-state index >= 15 is 0 Å². The molecule has 1 atom stereocenters. The smallest absolute Gasteiger partial charge is 0.223 e. The lowest BCUT2D eigenvalue weighted by Gasteiger charge is -2.20. The van der Waals surface area contributed by atoms with Crippen LogP contribution in [0.5, 0.6) is 0 Å². The molecule has 0 bridgehead atoms. The van der Waals surface area contributed by atoms with E-state index in [1.54, 1.807) is 12.1 Å². The molecule has 2 rings (SSSR count). The molecule has 0 saturated carbocycles. The first kappa shape index (κ1) is 18.5. The first-order chi connectivity index (χ1) is 10.4. The molecule has 0 N–H and O–H groups in total. The summed E-state index contributed by atoms with van der Waals surface area (Å²) in [5.74, 6) is 0.980. The van der Waals surface area contributed by atoms with Gasteiger partial charge in [-0.3, -0.25) is 4.79 Å². The second-order valence-corrected chi connectivity index (χ2v) is 6.50. The van der Waals surface area contributed by atoms with Crippen LogP contribution >= 0.6 is 11.6 Å². The normalized spacial score (nSPS) is 17.2. The standard InChI is InChI=1S/C10H19NO.C8H6ClN/c1-4-5-9-6-10(12)11(7-9)8(2)3;1-6-2-3-7(5-10)8(9)4-6/h8-9H,4-7H2,1-3H3;2-4H,1H3. The van der Waals surface area contributed by atoms with Crippen LogP contribution in [0.4, 0.5) is 0 Å². The van der Waals surface area contributed by atoms with E-state index in [0.717, 1.165) is 18.5 Å². The van der Waals surface area contributed by atoms with Crippen LogP contribution in [-0.2, 0) is 4.79 Å². The van der Waals surface area contributed by atoms with Gasteiger partial charge in [0, 0.05) is 19.0 Å². The number of likely N-dealkylation sites (tertiary alicyclic amines) is 1. The molecule has 0 aliphatic carbocycles. The van der Waals surface area contributed by atoms with Gasteiger partial charge in [0.25, 0.3) is 0 Å². The number of carbonyl (C=O) groups is 1. The molecule has 1 fully saturated rings. The van der Waals surface area contributed by atoms with Gasteiger partial charge >= 0.3 is 0 Å². The Morgan fingerprint density at radius 1 is 1.45 bits per heavy atom. The van der Waals surface area contributed by atoms with Crippen molar-refractivity contribution in [3.63, 3.8) is 0 Å². The van der Waals surface area contributed by atoms with Gasteiger partial charge in [-0.05, 0) is 50.8 Å². The molecule has 0 aromatic heterocycles. The number of nitrogens with zero attached hydrogens (tertiary/aromatic N) is 2. The lowest BCUT2D eigenvalue weighted by molar-refractivity contribution is -0.129. The number of aryl methyl sites for hydroxylation is 1. The molecule has 1 aliphatic heterocycles. The number of carbonyl (C=O) groups excluding carboxylic acids is 1. The topological polar surface area (TPSA) is 44.1 Å². The second-order valence-electron chi connectivity index (χ2n) is 6.09. The van der Waals surface area contributed by atoms with Gasteiger partial charge in [-0.25, -0.2) is 0 Å². The molecule has 3 nitrogen and oxygen atoms in total. The van der Waals surface area contributed by atoms with E-state index in [9.17, 15) is 4.79 Å². The number of rotatable bonds is 3. The number of hydrogen-bond acceptors (Lipinski definition) is 2. The Bertz CT molecular complexity index is 549. The van der Waals surface area contributed by atoms with Crippen molar-refractivity contribution >= 4 is 17.5 Å². The fourth-order valence-corrected chi connectivity index (χ4v) is 2.90. The molecule has 120 valence electrons. The third-order valence-corrected chi connectivity index (χ3v) is 4.12. The average Bonchev–Trinajstić information content (AvgIpc) is 2.81. The van der Waals surface area contributed by atoms with Gasteiger partial charge in [0.1, 0.15) is 6.07 Å². The maximum absolute atomic E-state index is 11.4. The van der Waals surface area contributed by atoms with Gasteiger partial charge in [0.15, 0.2) is 0 Å². The van der Waals surface area contributed by atoms with Crippen LogP contribution in [-0.4, -0.2) is 23.4 Å². The van der Waals surface area contributed by atoms with Gasteiger partial charge < -0.3 is 4.90 Å². The highest BCUT2D eigenvalue weighted by Gasteiger charge is 2.29. The molecule has 1 aliphatic rings. The molecule has 1 saturated heterocycles. The van der Waals surface area contributed by atoms with Gasteiger partial charge in [0.2, 0.25) is 5.91 Å². The summed E-state index contributed by atoms with van der Waals surface area (Å²) in [5, 5.41) is 9.00. The molecular formula is C18H25ClN2O. The van der Waals surface area contributed by atoms with Crippen molar-refractivity contribution < 1.29 is 4.79 Å². The van der Waals surface area contributed by atoms with Crippen LogP contribution in [0, 0.1) is 24.2 Å². The van der Waals surface area contributed by atoms with E-state index in [2.05, 4.69) is 20.8 Å². The number of amides is 1. The van der Waals surface area contributed by atoms with E-state index < -0.39 is 0 Å². The summed E-state index contributed by atoms with van der Waals surface area (Å²) in [5.41, 5.74) is 1.61. The van der Waals surface area contributed by atoms with Crippen molar-refractivity contribution in [2.45, 2.75) is 53.0 Å². The number of halogens is 1. The molecule has 0 spiro atoms. The first-order valence-electron chi connectivity index (χ1n) is 7.84. The minimum absolute atomic E-state index is 0.350. The van der Waals surface area contributed by atoms with E-state index in [0.29, 0.717) is 28.5 Å². The van der Waals surface area contributed by atoms with Gasteiger partial charge in [-0.15, -0.1) is 0 Å². The fraction of sp³-hybridized carbons (Fsp3) is 0.556. The lowest BCUT2D eigenvalue weighted by Crippen LogP contribution is -2.32. The maximum atomic E-state index is 11.4. The molecule has 1 aromatic rings. The summed E-state index contributed by atoms with van der Waals surface area (Å²) in [6.07, 6.45) is 3.19. The SMILES string of the molecule is CCCC1CC(=O)N(C(C)C)C1.Cc1ccc(C#N)c(Cl)c1. The van der Waals surface area contributed by atoms with Gasteiger partial charge in [-0.2, -0.15) is 5.26 Å². The molecule has 1 unspecified atom stereocenters. The van der Waals surface area contributed by atoms with Gasteiger partial charge in [0.05, 0.1) is 10.6 Å². The van der Waals surface area contributed by atoms with Crippen LogP contribution in [0.15, 0.2) is 18.2 Å². The Morgan fingerprint density at radius 2 is 2.14 bits per heavy atom. The van der Waals surface area contributed by atoms with E-state index in [1.807, 2.05) is 24.0 Å². The summed E-state index contributed by atoms with van der Waals surface area (Å²) in [4.78, 5) is 13.4. The zero-order chi connectivity index (χ0) is 16.7. The summed E-state index contributed by atoms with van der Waals surface area (Å²) >= 11 is 5.71. The Balaban J connectivity index is 0.000000224. The Kier molecular flexibility index (Phi) is 7.41. The number of benzene rings is 1. The highest BCUT2D eigenvalue weighted by Crippen LogP contribution is 2.23. The minimum Gasteiger partial charge on any atom is -0.340 e. The number of hydrogen-bond donors (Lipinski definition) is 0. The van der Waals surface area contributed by atoms with Crippen molar-refractivity contribution in [1.29, 1.82) is 5.26 Å². The van der Waals surface area contributed by atoms with E-state index in [-0.39, 0.29) is 0 Å².